The molecule has 0 radical (unpaired) electrons. The molecule has 0 unspecified atom stereocenters. The highest BCUT2D eigenvalue weighted by atomic mass is 32.1. The summed E-state index contributed by atoms with van der Waals surface area (Å²) in [4.78, 5) is 58.1. The first-order chi connectivity index (χ1) is 14.5. The molecule has 0 atom stereocenters. The van der Waals surface area contributed by atoms with Gasteiger partial charge in [-0.25, -0.2) is 4.98 Å². The Balaban J connectivity index is 1.24. The number of amides is 4. The van der Waals surface area contributed by atoms with Crippen molar-refractivity contribution in [2.24, 2.45) is 5.92 Å². The molecular weight excluding hydrogens is 404 g/mol. The number of anilines is 1. The first-order valence-corrected chi connectivity index (χ1v) is 10.9. The molecule has 1 aliphatic carbocycles. The van der Waals surface area contributed by atoms with Crippen LogP contribution in [0.1, 0.15) is 50.5 Å². The van der Waals surface area contributed by atoms with E-state index in [1.54, 1.807) is 29.2 Å². The molecule has 1 aromatic heterocycles. The summed E-state index contributed by atoms with van der Waals surface area (Å²) in [6, 6.07) is 6.60. The summed E-state index contributed by atoms with van der Waals surface area (Å²) in [5.74, 6) is -1.03. The van der Waals surface area contributed by atoms with Gasteiger partial charge in [-0.3, -0.25) is 24.1 Å². The Labute approximate surface area is 176 Å². The molecule has 1 aromatic carbocycles. The second kappa shape index (κ2) is 7.32. The molecule has 0 spiro atoms. The molecule has 1 N–H and O–H groups in total. The number of benzene rings is 1. The van der Waals surface area contributed by atoms with Gasteiger partial charge in [0.2, 0.25) is 11.8 Å². The molecule has 9 heteroatoms. The SMILES string of the molecule is O=C(Nc1nc2c(s1)CN(C(=O)CN1C(=O)c3ccccc3C1=O)CC2)C1CCC1. The quantitative estimate of drug-likeness (QED) is 0.758. The maximum absolute atomic E-state index is 12.8. The zero-order chi connectivity index (χ0) is 20.8. The molecule has 3 aliphatic rings. The van der Waals surface area contributed by atoms with Gasteiger partial charge >= 0.3 is 0 Å². The third kappa shape index (κ3) is 3.19. The molecule has 154 valence electrons. The lowest BCUT2D eigenvalue weighted by Crippen LogP contribution is -2.44. The number of hydrogen-bond acceptors (Lipinski definition) is 6. The van der Waals surface area contributed by atoms with Crippen molar-refractivity contribution >= 4 is 40.1 Å². The summed E-state index contributed by atoms with van der Waals surface area (Å²) in [7, 11) is 0. The fourth-order valence-corrected chi connectivity index (χ4v) is 4.98. The van der Waals surface area contributed by atoms with E-state index in [0.29, 0.717) is 35.8 Å². The Morgan fingerprint density at radius 3 is 2.47 bits per heavy atom. The first-order valence-electron chi connectivity index (χ1n) is 10.0. The molecule has 2 aliphatic heterocycles. The van der Waals surface area contributed by atoms with Crippen LogP contribution in [0, 0.1) is 5.92 Å². The van der Waals surface area contributed by atoms with E-state index in [1.165, 1.54) is 11.3 Å². The number of nitrogens with one attached hydrogen (secondary N) is 1. The summed E-state index contributed by atoms with van der Waals surface area (Å²) in [5.41, 5.74) is 1.57. The zero-order valence-corrected chi connectivity index (χ0v) is 17.0. The van der Waals surface area contributed by atoms with Gasteiger partial charge in [-0.15, -0.1) is 0 Å². The van der Waals surface area contributed by atoms with Crippen LogP contribution < -0.4 is 5.32 Å². The molecule has 1 fully saturated rings. The molecule has 0 bridgehead atoms. The first kappa shape index (κ1) is 18.9. The predicted molar refractivity (Wildman–Crippen MR) is 109 cm³/mol. The van der Waals surface area contributed by atoms with Crippen LogP contribution in [0.5, 0.6) is 0 Å². The maximum Gasteiger partial charge on any atom is 0.262 e. The van der Waals surface area contributed by atoms with Crippen molar-refractivity contribution in [1.82, 2.24) is 14.8 Å². The molecule has 3 heterocycles. The highest BCUT2D eigenvalue weighted by Gasteiger charge is 2.37. The number of carbonyl (C=O) groups is 4. The van der Waals surface area contributed by atoms with Crippen molar-refractivity contribution in [3.63, 3.8) is 0 Å². The van der Waals surface area contributed by atoms with Gasteiger partial charge in [0.15, 0.2) is 5.13 Å². The van der Waals surface area contributed by atoms with Crippen molar-refractivity contribution in [2.45, 2.75) is 32.2 Å². The third-order valence-electron chi connectivity index (χ3n) is 5.96. The average Bonchev–Trinajstić information content (AvgIpc) is 3.20. The molecule has 30 heavy (non-hydrogen) atoms. The number of fused-ring (bicyclic) bond motifs is 2. The number of hydrogen-bond donors (Lipinski definition) is 1. The lowest BCUT2D eigenvalue weighted by molar-refractivity contribution is -0.132. The monoisotopic (exact) mass is 424 g/mol. The van der Waals surface area contributed by atoms with Gasteiger partial charge in [0.1, 0.15) is 6.54 Å². The van der Waals surface area contributed by atoms with Crippen LogP contribution in [0.4, 0.5) is 5.13 Å². The fraction of sp³-hybridized carbons (Fsp3) is 0.381. The highest BCUT2D eigenvalue weighted by molar-refractivity contribution is 7.15. The Bertz CT molecular complexity index is 1040. The summed E-state index contributed by atoms with van der Waals surface area (Å²) in [6.07, 6.45) is 3.53. The largest absolute Gasteiger partial charge is 0.336 e. The zero-order valence-electron chi connectivity index (χ0n) is 16.2. The predicted octanol–water partition coefficient (Wildman–Crippen LogP) is 2.06. The van der Waals surface area contributed by atoms with Crippen LogP contribution in [0.3, 0.4) is 0 Å². The van der Waals surface area contributed by atoms with Crippen molar-refractivity contribution in [3.8, 4) is 0 Å². The van der Waals surface area contributed by atoms with Crippen LogP contribution in [-0.2, 0) is 22.6 Å². The normalized spacial score (nSPS) is 18.1. The van der Waals surface area contributed by atoms with Crippen LogP contribution in [0.15, 0.2) is 24.3 Å². The number of aromatic nitrogens is 1. The van der Waals surface area contributed by atoms with E-state index in [0.717, 1.165) is 34.7 Å². The van der Waals surface area contributed by atoms with Gasteiger partial charge in [-0.2, -0.15) is 0 Å². The lowest BCUT2D eigenvalue weighted by atomic mass is 9.85. The van der Waals surface area contributed by atoms with Gasteiger partial charge in [0.25, 0.3) is 11.8 Å². The minimum absolute atomic E-state index is 0.0194. The van der Waals surface area contributed by atoms with E-state index in [1.807, 2.05) is 0 Å². The fourth-order valence-electron chi connectivity index (χ4n) is 3.96. The highest BCUT2D eigenvalue weighted by Crippen LogP contribution is 2.32. The van der Waals surface area contributed by atoms with E-state index in [-0.39, 0.29) is 24.3 Å². The average molecular weight is 424 g/mol. The molecular formula is C21H20N4O4S. The maximum atomic E-state index is 12.8. The van der Waals surface area contributed by atoms with Gasteiger partial charge in [0, 0.05) is 23.8 Å². The summed E-state index contributed by atoms with van der Waals surface area (Å²) in [6.45, 7) is 0.564. The number of carbonyl (C=O) groups excluding carboxylic acids is 4. The smallest absolute Gasteiger partial charge is 0.262 e. The van der Waals surface area contributed by atoms with Crippen molar-refractivity contribution in [1.29, 1.82) is 0 Å². The topological polar surface area (TPSA) is 99.7 Å². The van der Waals surface area contributed by atoms with Crippen LogP contribution in [0.25, 0.3) is 0 Å². The van der Waals surface area contributed by atoms with Crippen molar-refractivity contribution in [2.75, 3.05) is 18.4 Å². The Kier molecular flexibility index (Phi) is 4.62. The van der Waals surface area contributed by atoms with Crippen molar-refractivity contribution in [3.05, 3.63) is 46.0 Å². The summed E-state index contributed by atoms with van der Waals surface area (Å²) in [5, 5.41) is 3.47. The molecule has 1 saturated carbocycles. The van der Waals surface area contributed by atoms with Gasteiger partial charge in [-0.1, -0.05) is 29.9 Å². The molecule has 0 saturated heterocycles. The second-order valence-electron chi connectivity index (χ2n) is 7.81. The van der Waals surface area contributed by atoms with E-state index >= 15 is 0 Å². The number of thiazole rings is 1. The number of nitrogens with zero attached hydrogens (tertiary/aromatic N) is 3. The van der Waals surface area contributed by atoms with Crippen LogP contribution >= 0.6 is 11.3 Å². The Morgan fingerprint density at radius 2 is 1.83 bits per heavy atom. The van der Waals surface area contributed by atoms with Crippen LogP contribution in [0.2, 0.25) is 0 Å². The second-order valence-corrected chi connectivity index (χ2v) is 8.90. The van der Waals surface area contributed by atoms with E-state index < -0.39 is 11.8 Å². The van der Waals surface area contributed by atoms with E-state index in [9.17, 15) is 19.2 Å². The summed E-state index contributed by atoms with van der Waals surface area (Å²) >= 11 is 1.39. The van der Waals surface area contributed by atoms with E-state index in [4.69, 9.17) is 0 Å². The number of rotatable bonds is 4. The summed E-state index contributed by atoms with van der Waals surface area (Å²) < 4.78 is 0. The Hall–Kier alpha value is -3.07. The third-order valence-corrected chi connectivity index (χ3v) is 6.96. The van der Waals surface area contributed by atoms with Crippen molar-refractivity contribution < 1.29 is 19.2 Å². The molecule has 4 amide bonds. The Morgan fingerprint density at radius 1 is 1.13 bits per heavy atom. The van der Waals surface area contributed by atoms with Gasteiger partial charge in [-0.05, 0) is 25.0 Å². The van der Waals surface area contributed by atoms with Gasteiger partial charge < -0.3 is 10.2 Å². The standard InChI is InChI=1S/C21H20N4O4S/c26-17(11-25-19(28)13-6-1-2-7-14(13)20(25)29)24-9-8-15-16(10-24)30-21(22-15)23-18(27)12-4-3-5-12/h1-2,6-7,12H,3-5,8-11H2,(H,22,23,27). The number of imide groups is 1. The van der Waals surface area contributed by atoms with E-state index in [2.05, 4.69) is 10.3 Å². The van der Waals surface area contributed by atoms with Crippen LogP contribution in [-0.4, -0.2) is 51.5 Å². The molecule has 5 rings (SSSR count). The van der Waals surface area contributed by atoms with Gasteiger partial charge in [0.05, 0.1) is 23.4 Å². The minimum Gasteiger partial charge on any atom is -0.336 e. The molecule has 2 aromatic rings. The lowest BCUT2D eigenvalue weighted by Gasteiger charge is -2.27. The minimum atomic E-state index is -0.430. The molecule has 8 nitrogen and oxygen atoms in total.